The molecular weight excluding hydrogens is 238 g/mol. The lowest BCUT2D eigenvalue weighted by atomic mass is 9.97. The molecule has 1 spiro atoms. The number of nitrogens with one attached hydrogen (secondary N) is 1. The second-order valence-corrected chi connectivity index (χ2v) is 5.80. The molecule has 2 aliphatic heterocycles. The van der Waals surface area contributed by atoms with Gasteiger partial charge in [-0.05, 0) is 36.7 Å². The number of fused-ring (bicyclic) bond motifs is 1. The Labute approximate surface area is 114 Å². The second kappa shape index (κ2) is 4.89. The number of ether oxygens (including phenoxy) is 2. The van der Waals surface area contributed by atoms with Gasteiger partial charge in [0.1, 0.15) is 17.1 Å². The molecule has 0 amide bonds. The molecule has 2 aliphatic rings. The van der Waals surface area contributed by atoms with Crippen molar-refractivity contribution in [2.45, 2.75) is 25.9 Å². The maximum Gasteiger partial charge on any atom is 0.141 e. The van der Waals surface area contributed by atoms with Crippen molar-refractivity contribution in [3.63, 3.8) is 0 Å². The molecule has 3 heteroatoms. The largest absolute Gasteiger partial charge is 0.493 e. The predicted molar refractivity (Wildman–Crippen MR) is 76.7 cm³/mol. The monoisotopic (exact) mass is 259 g/mol. The van der Waals surface area contributed by atoms with Crippen LogP contribution in [0.5, 0.6) is 11.5 Å². The van der Waals surface area contributed by atoms with Crippen LogP contribution in [0.2, 0.25) is 0 Å². The van der Waals surface area contributed by atoms with Gasteiger partial charge in [0, 0.05) is 13.0 Å². The molecule has 0 saturated carbocycles. The third-order valence-electron chi connectivity index (χ3n) is 3.61. The normalized spacial score (nSPS) is 24.6. The van der Waals surface area contributed by atoms with Crippen molar-refractivity contribution in [1.29, 1.82) is 0 Å². The fourth-order valence-corrected chi connectivity index (χ4v) is 2.57. The van der Waals surface area contributed by atoms with Crippen LogP contribution in [-0.4, -0.2) is 25.3 Å². The summed E-state index contributed by atoms with van der Waals surface area (Å²) in [5.41, 5.74) is 0.921. The van der Waals surface area contributed by atoms with Gasteiger partial charge in [-0.3, -0.25) is 0 Å². The Hall–Kier alpha value is -1.48. The van der Waals surface area contributed by atoms with Crippen LogP contribution in [-0.2, 0) is 0 Å². The van der Waals surface area contributed by atoms with Crippen LogP contribution in [0, 0.1) is 5.92 Å². The zero-order valence-corrected chi connectivity index (χ0v) is 11.6. The Morgan fingerprint density at radius 1 is 1.42 bits per heavy atom. The summed E-state index contributed by atoms with van der Waals surface area (Å²) in [6, 6.07) is 6.05. The van der Waals surface area contributed by atoms with Crippen molar-refractivity contribution in [1.82, 2.24) is 5.32 Å². The van der Waals surface area contributed by atoms with Gasteiger partial charge in [0.2, 0.25) is 0 Å². The van der Waals surface area contributed by atoms with Gasteiger partial charge in [0.15, 0.2) is 0 Å². The van der Waals surface area contributed by atoms with E-state index in [1.165, 1.54) is 0 Å². The third-order valence-corrected chi connectivity index (χ3v) is 3.61. The summed E-state index contributed by atoms with van der Waals surface area (Å²) in [6.45, 7) is 6.95. The van der Waals surface area contributed by atoms with E-state index < -0.39 is 0 Å². The molecule has 0 aliphatic carbocycles. The molecule has 1 aromatic rings. The predicted octanol–water partition coefficient (Wildman–Crippen LogP) is 2.86. The third kappa shape index (κ3) is 2.47. The van der Waals surface area contributed by atoms with Crippen molar-refractivity contribution in [2.75, 3.05) is 19.7 Å². The van der Waals surface area contributed by atoms with E-state index in [1.807, 2.05) is 18.2 Å². The van der Waals surface area contributed by atoms with Crippen molar-refractivity contribution in [2.24, 2.45) is 5.92 Å². The minimum absolute atomic E-state index is 0.149. The molecule has 1 saturated heterocycles. The number of hydrogen-bond acceptors (Lipinski definition) is 3. The van der Waals surface area contributed by atoms with Gasteiger partial charge in [-0.1, -0.05) is 19.9 Å². The standard InChI is InChI=1S/C16H21NO2/c1-12(2)10-18-14-4-3-5-15-13(14)6-7-16(19-15)8-9-17-11-16/h3-7,12,17H,8-11H2,1-2H3. The Bertz CT molecular complexity index is 488. The highest BCUT2D eigenvalue weighted by Gasteiger charge is 2.36. The van der Waals surface area contributed by atoms with Crippen LogP contribution >= 0.6 is 0 Å². The quantitative estimate of drug-likeness (QED) is 0.905. The summed E-state index contributed by atoms with van der Waals surface area (Å²) < 4.78 is 12.1. The van der Waals surface area contributed by atoms with E-state index in [-0.39, 0.29) is 5.60 Å². The minimum Gasteiger partial charge on any atom is -0.493 e. The van der Waals surface area contributed by atoms with Crippen molar-refractivity contribution in [3.05, 3.63) is 29.8 Å². The summed E-state index contributed by atoms with van der Waals surface area (Å²) in [4.78, 5) is 0. The first-order chi connectivity index (χ1) is 9.19. The molecule has 3 rings (SSSR count). The van der Waals surface area contributed by atoms with Gasteiger partial charge < -0.3 is 14.8 Å². The molecule has 1 unspecified atom stereocenters. The molecule has 3 nitrogen and oxygen atoms in total. The van der Waals surface area contributed by atoms with Gasteiger partial charge in [0.25, 0.3) is 0 Å². The van der Waals surface area contributed by atoms with E-state index >= 15 is 0 Å². The molecule has 1 aromatic carbocycles. The summed E-state index contributed by atoms with van der Waals surface area (Å²) in [5, 5.41) is 3.36. The van der Waals surface area contributed by atoms with E-state index in [0.717, 1.165) is 43.2 Å². The summed E-state index contributed by atoms with van der Waals surface area (Å²) in [7, 11) is 0. The molecule has 1 fully saturated rings. The van der Waals surface area contributed by atoms with Crippen molar-refractivity contribution < 1.29 is 9.47 Å². The maximum atomic E-state index is 6.20. The lowest BCUT2D eigenvalue weighted by Gasteiger charge is -2.31. The van der Waals surface area contributed by atoms with Crippen molar-refractivity contribution >= 4 is 6.08 Å². The number of rotatable bonds is 3. The molecule has 2 heterocycles. The van der Waals surface area contributed by atoms with Crippen molar-refractivity contribution in [3.8, 4) is 11.5 Å². The fourth-order valence-electron chi connectivity index (χ4n) is 2.57. The van der Waals surface area contributed by atoms with E-state index in [2.05, 4.69) is 31.3 Å². The van der Waals surface area contributed by atoms with Crippen LogP contribution in [0.3, 0.4) is 0 Å². The highest BCUT2D eigenvalue weighted by molar-refractivity contribution is 5.67. The molecule has 0 bridgehead atoms. The Kier molecular flexibility index (Phi) is 3.23. The molecular formula is C16H21NO2. The zero-order chi connectivity index (χ0) is 13.3. The second-order valence-electron chi connectivity index (χ2n) is 5.80. The molecule has 1 N–H and O–H groups in total. The van der Waals surface area contributed by atoms with Crippen LogP contribution in [0.1, 0.15) is 25.8 Å². The first kappa shape index (κ1) is 12.5. The first-order valence-electron chi connectivity index (χ1n) is 7.03. The van der Waals surface area contributed by atoms with E-state index in [1.54, 1.807) is 0 Å². The van der Waals surface area contributed by atoms with Crippen LogP contribution < -0.4 is 14.8 Å². The summed E-state index contributed by atoms with van der Waals surface area (Å²) >= 11 is 0. The van der Waals surface area contributed by atoms with E-state index in [9.17, 15) is 0 Å². The zero-order valence-electron chi connectivity index (χ0n) is 11.6. The maximum absolute atomic E-state index is 6.20. The minimum atomic E-state index is -0.149. The fraction of sp³-hybridized carbons (Fsp3) is 0.500. The van der Waals surface area contributed by atoms with Crippen LogP contribution in [0.4, 0.5) is 0 Å². The van der Waals surface area contributed by atoms with Gasteiger partial charge in [-0.25, -0.2) is 0 Å². The summed E-state index contributed by atoms with van der Waals surface area (Å²) in [5.74, 6) is 2.38. The Morgan fingerprint density at radius 2 is 2.32 bits per heavy atom. The van der Waals surface area contributed by atoms with Gasteiger partial charge in [-0.2, -0.15) is 0 Å². The Morgan fingerprint density at radius 3 is 3.05 bits per heavy atom. The molecule has 102 valence electrons. The lowest BCUT2D eigenvalue weighted by Crippen LogP contribution is -2.37. The van der Waals surface area contributed by atoms with E-state index in [4.69, 9.17) is 9.47 Å². The van der Waals surface area contributed by atoms with Gasteiger partial charge in [-0.15, -0.1) is 0 Å². The topological polar surface area (TPSA) is 30.5 Å². The van der Waals surface area contributed by atoms with Gasteiger partial charge in [0.05, 0.1) is 12.2 Å². The van der Waals surface area contributed by atoms with Crippen LogP contribution in [0.25, 0.3) is 6.08 Å². The molecule has 19 heavy (non-hydrogen) atoms. The highest BCUT2D eigenvalue weighted by Crippen LogP contribution is 2.38. The Balaban J connectivity index is 1.85. The average molecular weight is 259 g/mol. The number of hydrogen-bond donors (Lipinski definition) is 1. The van der Waals surface area contributed by atoms with Gasteiger partial charge >= 0.3 is 0 Å². The first-order valence-corrected chi connectivity index (χ1v) is 7.03. The van der Waals surface area contributed by atoms with E-state index in [0.29, 0.717) is 5.92 Å². The lowest BCUT2D eigenvalue weighted by molar-refractivity contribution is 0.138. The smallest absolute Gasteiger partial charge is 0.141 e. The number of benzene rings is 1. The average Bonchev–Trinajstić information content (AvgIpc) is 2.84. The SMILES string of the molecule is CC(C)COc1cccc2c1C=CC1(CCNC1)O2. The summed E-state index contributed by atoms with van der Waals surface area (Å²) in [6.07, 6.45) is 5.36. The molecule has 0 aromatic heterocycles. The molecule has 1 atom stereocenters. The van der Waals surface area contributed by atoms with Crippen LogP contribution in [0.15, 0.2) is 24.3 Å². The molecule has 0 radical (unpaired) electrons. The highest BCUT2D eigenvalue weighted by atomic mass is 16.5.